The minimum absolute atomic E-state index is 0.00593. The van der Waals surface area contributed by atoms with E-state index < -0.39 is 23.2 Å². The molecule has 0 fully saturated rings. The van der Waals surface area contributed by atoms with Gasteiger partial charge in [0.15, 0.2) is 0 Å². The van der Waals surface area contributed by atoms with E-state index in [1.165, 1.54) is 0 Å². The van der Waals surface area contributed by atoms with Crippen molar-refractivity contribution in [1.82, 2.24) is 0 Å². The van der Waals surface area contributed by atoms with E-state index in [9.17, 15) is 8.78 Å². The third kappa shape index (κ3) is 3.66. The first-order chi connectivity index (χ1) is 7.71. The second-order valence-corrected chi connectivity index (χ2v) is 5.17. The highest BCUT2D eigenvalue weighted by Gasteiger charge is 2.24. The summed E-state index contributed by atoms with van der Waals surface area (Å²) in [6.45, 7) is 7.01. The fourth-order valence-corrected chi connectivity index (χ4v) is 1.60. The molecule has 1 unspecified atom stereocenters. The monoisotopic (exact) mass is 244 g/mol. The normalized spacial score (nSPS) is 13.6. The minimum Gasteiger partial charge on any atom is -0.490 e. The minimum atomic E-state index is -0.686. The molecule has 1 N–H and O–H groups in total. The Hall–Kier alpha value is -1.16. The number of hydrogen-bond acceptors (Lipinski definition) is 2. The van der Waals surface area contributed by atoms with Crippen LogP contribution < -0.4 is 4.74 Å². The Balaban J connectivity index is 3.17. The van der Waals surface area contributed by atoms with Crippen LogP contribution in [-0.4, -0.2) is 17.8 Å². The number of hydrogen-bond donors (Lipinski definition) is 1. The predicted octanol–water partition coefficient (Wildman–Crippen LogP) is 3.02. The first-order valence-electron chi connectivity index (χ1n) is 5.52. The molecular formula is C13H18F2O2. The van der Waals surface area contributed by atoms with E-state index in [1.54, 1.807) is 6.92 Å². The van der Waals surface area contributed by atoms with Gasteiger partial charge in [0.05, 0.1) is 6.10 Å². The van der Waals surface area contributed by atoms with E-state index in [-0.39, 0.29) is 12.4 Å². The molecule has 17 heavy (non-hydrogen) atoms. The van der Waals surface area contributed by atoms with Crippen LogP contribution in [0.3, 0.4) is 0 Å². The maximum atomic E-state index is 13.7. The fourth-order valence-electron chi connectivity index (χ4n) is 1.60. The van der Waals surface area contributed by atoms with E-state index in [4.69, 9.17) is 9.84 Å². The maximum absolute atomic E-state index is 13.7. The maximum Gasteiger partial charge on any atom is 0.133 e. The first kappa shape index (κ1) is 13.9. The summed E-state index contributed by atoms with van der Waals surface area (Å²) in [5.74, 6) is -1.16. The van der Waals surface area contributed by atoms with Gasteiger partial charge in [0.25, 0.3) is 0 Å². The first-order valence-corrected chi connectivity index (χ1v) is 5.52. The third-order valence-electron chi connectivity index (χ3n) is 2.25. The Bertz CT molecular complexity index is 395. The molecule has 1 atom stereocenters. The van der Waals surface area contributed by atoms with Gasteiger partial charge in [-0.1, -0.05) is 20.8 Å². The fraction of sp³-hybridized carbons (Fsp3) is 0.538. The van der Waals surface area contributed by atoms with Gasteiger partial charge < -0.3 is 9.84 Å². The molecular weight excluding hydrogens is 226 g/mol. The van der Waals surface area contributed by atoms with Crippen LogP contribution >= 0.6 is 0 Å². The van der Waals surface area contributed by atoms with Gasteiger partial charge in [-0.05, 0) is 12.3 Å². The van der Waals surface area contributed by atoms with Crippen LogP contribution in [0.5, 0.6) is 5.75 Å². The van der Waals surface area contributed by atoms with E-state index >= 15 is 0 Å². The highest BCUT2D eigenvalue weighted by molar-refractivity contribution is 5.40. The van der Waals surface area contributed by atoms with Gasteiger partial charge in [0.1, 0.15) is 24.0 Å². The Morgan fingerprint density at radius 1 is 1.29 bits per heavy atom. The van der Waals surface area contributed by atoms with Crippen LogP contribution in [0, 0.1) is 11.6 Å². The van der Waals surface area contributed by atoms with Gasteiger partial charge in [0, 0.05) is 17.7 Å². The van der Waals surface area contributed by atoms with Crippen molar-refractivity contribution in [2.45, 2.75) is 39.2 Å². The molecule has 0 saturated carbocycles. The van der Waals surface area contributed by atoms with Crippen LogP contribution in [0.15, 0.2) is 12.1 Å². The largest absolute Gasteiger partial charge is 0.490 e. The number of rotatable bonds is 3. The summed E-state index contributed by atoms with van der Waals surface area (Å²) in [6.07, 6.45) is -0.686. The lowest BCUT2D eigenvalue weighted by atomic mass is 9.86. The van der Waals surface area contributed by atoms with Crippen LogP contribution in [-0.2, 0) is 5.41 Å². The van der Waals surface area contributed by atoms with Gasteiger partial charge in [-0.25, -0.2) is 8.78 Å². The van der Waals surface area contributed by atoms with Crippen molar-refractivity contribution < 1.29 is 18.6 Å². The summed E-state index contributed by atoms with van der Waals surface area (Å²) in [5.41, 5.74) is -0.175. The Kier molecular flexibility index (Phi) is 4.09. The zero-order chi connectivity index (χ0) is 13.2. The van der Waals surface area contributed by atoms with Crippen molar-refractivity contribution in [1.29, 1.82) is 0 Å². The summed E-state index contributed by atoms with van der Waals surface area (Å²) >= 11 is 0. The van der Waals surface area contributed by atoms with E-state index in [0.29, 0.717) is 5.56 Å². The molecule has 0 saturated heterocycles. The number of aliphatic hydroxyl groups excluding tert-OH is 1. The second-order valence-electron chi connectivity index (χ2n) is 5.17. The molecule has 0 heterocycles. The summed E-state index contributed by atoms with van der Waals surface area (Å²) in [4.78, 5) is 0. The topological polar surface area (TPSA) is 29.5 Å². The van der Waals surface area contributed by atoms with Crippen LogP contribution in [0.1, 0.15) is 33.3 Å². The standard InChI is InChI=1S/C13H18F2O2/c1-8(16)7-17-11-6-9(14)5-10(15)12(11)13(2,3)4/h5-6,8,16H,7H2,1-4H3. The lowest BCUT2D eigenvalue weighted by Gasteiger charge is -2.23. The molecule has 2 nitrogen and oxygen atoms in total. The number of ether oxygens (including phenoxy) is 1. The molecule has 0 aromatic heterocycles. The van der Waals surface area contributed by atoms with Gasteiger partial charge in [-0.3, -0.25) is 0 Å². The van der Waals surface area contributed by atoms with Crippen molar-refractivity contribution in [2.75, 3.05) is 6.61 Å². The summed E-state index contributed by atoms with van der Waals surface area (Å²) < 4.78 is 32.1. The Labute approximate surface area is 100 Å². The Morgan fingerprint density at radius 2 is 1.88 bits per heavy atom. The molecule has 96 valence electrons. The lowest BCUT2D eigenvalue weighted by Crippen LogP contribution is -2.19. The van der Waals surface area contributed by atoms with Crippen molar-refractivity contribution in [3.63, 3.8) is 0 Å². The molecule has 1 aromatic carbocycles. The molecule has 4 heteroatoms. The zero-order valence-electron chi connectivity index (χ0n) is 10.6. The molecule has 0 spiro atoms. The molecule has 0 aliphatic rings. The average molecular weight is 244 g/mol. The van der Waals surface area contributed by atoms with Gasteiger partial charge >= 0.3 is 0 Å². The molecule has 0 amide bonds. The smallest absolute Gasteiger partial charge is 0.133 e. The summed E-state index contributed by atoms with van der Waals surface area (Å²) in [5, 5.41) is 9.13. The number of benzene rings is 1. The third-order valence-corrected chi connectivity index (χ3v) is 2.25. The second kappa shape index (κ2) is 5.00. The Morgan fingerprint density at radius 3 is 2.35 bits per heavy atom. The summed E-state index contributed by atoms with van der Waals surface area (Å²) in [7, 11) is 0. The number of aliphatic hydroxyl groups is 1. The van der Waals surface area contributed by atoms with Gasteiger partial charge in [-0.2, -0.15) is 0 Å². The summed E-state index contributed by atoms with van der Waals surface area (Å²) in [6, 6.07) is 1.99. The molecule has 1 aromatic rings. The highest BCUT2D eigenvalue weighted by Crippen LogP contribution is 2.34. The van der Waals surface area contributed by atoms with Crippen molar-refractivity contribution in [3.8, 4) is 5.75 Å². The van der Waals surface area contributed by atoms with Gasteiger partial charge in [0.2, 0.25) is 0 Å². The van der Waals surface area contributed by atoms with Gasteiger partial charge in [-0.15, -0.1) is 0 Å². The van der Waals surface area contributed by atoms with E-state index in [0.717, 1.165) is 12.1 Å². The molecule has 0 bridgehead atoms. The van der Waals surface area contributed by atoms with Crippen LogP contribution in [0.4, 0.5) is 8.78 Å². The molecule has 0 aliphatic carbocycles. The van der Waals surface area contributed by atoms with Crippen molar-refractivity contribution in [3.05, 3.63) is 29.3 Å². The SMILES string of the molecule is CC(O)COc1cc(F)cc(F)c1C(C)(C)C. The molecule has 0 aliphatic heterocycles. The zero-order valence-corrected chi connectivity index (χ0v) is 10.6. The van der Waals surface area contributed by atoms with Crippen LogP contribution in [0.25, 0.3) is 0 Å². The predicted molar refractivity (Wildman–Crippen MR) is 62.2 cm³/mol. The van der Waals surface area contributed by atoms with Crippen LogP contribution in [0.2, 0.25) is 0 Å². The van der Waals surface area contributed by atoms with Crippen molar-refractivity contribution in [2.24, 2.45) is 0 Å². The highest BCUT2D eigenvalue weighted by atomic mass is 19.1. The molecule has 1 rings (SSSR count). The number of halogens is 2. The average Bonchev–Trinajstić information content (AvgIpc) is 2.10. The quantitative estimate of drug-likeness (QED) is 0.885. The lowest BCUT2D eigenvalue weighted by molar-refractivity contribution is 0.121. The van der Waals surface area contributed by atoms with Crippen molar-refractivity contribution >= 4 is 0 Å². The van der Waals surface area contributed by atoms with E-state index in [1.807, 2.05) is 20.8 Å². The molecule has 0 radical (unpaired) electrons. The van der Waals surface area contributed by atoms with E-state index in [2.05, 4.69) is 0 Å².